The minimum absolute atomic E-state index is 0.614. The number of aromatic nitrogens is 5. The van der Waals surface area contributed by atoms with Crippen molar-refractivity contribution in [2.45, 2.75) is 20.4 Å². The summed E-state index contributed by atoms with van der Waals surface area (Å²) < 4.78 is 1.69. The Bertz CT molecular complexity index is 450. The summed E-state index contributed by atoms with van der Waals surface area (Å²) in [6.45, 7) is 5.96. The zero-order valence-corrected chi connectivity index (χ0v) is 10.0. The minimum atomic E-state index is 0.614. The molecule has 0 aromatic carbocycles. The van der Waals surface area contributed by atoms with Gasteiger partial charge in [-0.2, -0.15) is 14.9 Å². The van der Waals surface area contributed by atoms with E-state index >= 15 is 0 Å². The Balaban J connectivity index is 2.07. The Hall–Kier alpha value is -1.82. The van der Waals surface area contributed by atoms with Crippen molar-refractivity contribution < 1.29 is 0 Å². The van der Waals surface area contributed by atoms with E-state index in [1.807, 2.05) is 12.1 Å². The molecule has 0 aliphatic heterocycles. The third kappa shape index (κ3) is 3.07. The van der Waals surface area contributed by atoms with E-state index in [1.165, 1.54) is 6.33 Å². The van der Waals surface area contributed by atoms with E-state index in [1.54, 1.807) is 10.9 Å². The van der Waals surface area contributed by atoms with Gasteiger partial charge in [0.2, 0.25) is 0 Å². The molecule has 0 aliphatic carbocycles. The Labute approximate surface area is 100 Å². The molecule has 0 amide bonds. The van der Waals surface area contributed by atoms with E-state index in [9.17, 15) is 0 Å². The van der Waals surface area contributed by atoms with E-state index < -0.39 is 0 Å². The van der Waals surface area contributed by atoms with Gasteiger partial charge >= 0.3 is 0 Å². The lowest BCUT2D eigenvalue weighted by Crippen LogP contribution is -2.21. The summed E-state index contributed by atoms with van der Waals surface area (Å²) >= 11 is 0. The zero-order valence-electron chi connectivity index (χ0n) is 10.0. The van der Waals surface area contributed by atoms with Gasteiger partial charge in [0.1, 0.15) is 12.2 Å². The second kappa shape index (κ2) is 5.49. The standard InChI is InChI=1S/C11H16N6/c1-9(2)6-12-7-11-13-8-15-17(11)10-4-3-5-14-16-10/h3-5,8-9,12H,6-7H2,1-2H3. The van der Waals surface area contributed by atoms with Crippen LogP contribution in [0.4, 0.5) is 0 Å². The van der Waals surface area contributed by atoms with Gasteiger partial charge in [-0.05, 0) is 24.6 Å². The molecule has 0 radical (unpaired) electrons. The molecule has 6 nitrogen and oxygen atoms in total. The second-order valence-electron chi connectivity index (χ2n) is 4.19. The molecule has 90 valence electrons. The molecule has 17 heavy (non-hydrogen) atoms. The molecule has 2 aromatic heterocycles. The van der Waals surface area contributed by atoms with Crippen LogP contribution in [0.2, 0.25) is 0 Å². The van der Waals surface area contributed by atoms with Crippen molar-refractivity contribution in [1.29, 1.82) is 0 Å². The summed E-state index contributed by atoms with van der Waals surface area (Å²) in [5.41, 5.74) is 0. The van der Waals surface area contributed by atoms with Gasteiger partial charge in [-0.25, -0.2) is 4.98 Å². The van der Waals surface area contributed by atoms with Crippen LogP contribution in [0.3, 0.4) is 0 Å². The molecule has 0 bridgehead atoms. The van der Waals surface area contributed by atoms with Crippen LogP contribution in [0.25, 0.3) is 5.82 Å². The predicted molar refractivity (Wildman–Crippen MR) is 63.5 cm³/mol. The molecule has 0 fully saturated rings. The molecule has 0 saturated heterocycles. The first kappa shape index (κ1) is 11.7. The normalized spacial score (nSPS) is 11.0. The SMILES string of the molecule is CC(C)CNCc1ncnn1-c1cccnn1. The van der Waals surface area contributed by atoms with Gasteiger partial charge in [-0.1, -0.05) is 13.8 Å². The monoisotopic (exact) mass is 232 g/mol. The lowest BCUT2D eigenvalue weighted by molar-refractivity contribution is 0.536. The number of nitrogens with one attached hydrogen (secondary N) is 1. The fourth-order valence-electron chi connectivity index (χ4n) is 1.46. The van der Waals surface area contributed by atoms with E-state index in [0.29, 0.717) is 18.3 Å². The number of nitrogens with zero attached hydrogens (tertiary/aromatic N) is 5. The molecule has 0 spiro atoms. The van der Waals surface area contributed by atoms with Gasteiger partial charge in [0.05, 0.1) is 6.54 Å². The van der Waals surface area contributed by atoms with Crippen molar-refractivity contribution in [2.75, 3.05) is 6.54 Å². The van der Waals surface area contributed by atoms with E-state index in [2.05, 4.69) is 39.4 Å². The maximum Gasteiger partial charge on any atom is 0.177 e. The highest BCUT2D eigenvalue weighted by molar-refractivity contribution is 5.18. The lowest BCUT2D eigenvalue weighted by Gasteiger charge is -2.07. The summed E-state index contributed by atoms with van der Waals surface area (Å²) in [6.07, 6.45) is 3.16. The molecular weight excluding hydrogens is 216 g/mol. The molecule has 2 aromatic rings. The van der Waals surface area contributed by atoms with E-state index in [-0.39, 0.29) is 0 Å². The van der Waals surface area contributed by atoms with Crippen LogP contribution in [-0.4, -0.2) is 31.5 Å². The van der Waals surface area contributed by atoms with Gasteiger partial charge in [-0.3, -0.25) is 0 Å². The van der Waals surface area contributed by atoms with Crippen LogP contribution in [-0.2, 0) is 6.54 Å². The van der Waals surface area contributed by atoms with Gasteiger partial charge < -0.3 is 5.32 Å². The zero-order chi connectivity index (χ0) is 12.1. The predicted octanol–water partition coefficient (Wildman–Crippen LogP) is 0.803. The first-order valence-corrected chi connectivity index (χ1v) is 5.65. The Kier molecular flexibility index (Phi) is 3.77. The van der Waals surface area contributed by atoms with Crippen LogP contribution in [0.15, 0.2) is 24.7 Å². The molecule has 0 saturated carbocycles. The van der Waals surface area contributed by atoms with Gasteiger partial charge in [0, 0.05) is 6.20 Å². The van der Waals surface area contributed by atoms with Crippen molar-refractivity contribution in [3.05, 3.63) is 30.5 Å². The minimum Gasteiger partial charge on any atom is -0.310 e. The van der Waals surface area contributed by atoms with Crippen LogP contribution in [0, 0.1) is 5.92 Å². The third-order valence-electron chi connectivity index (χ3n) is 2.23. The van der Waals surface area contributed by atoms with Crippen LogP contribution in [0.1, 0.15) is 19.7 Å². The van der Waals surface area contributed by atoms with Crippen molar-refractivity contribution in [3.63, 3.8) is 0 Å². The first-order chi connectivity index (χ1) is 8.27. The maximum atomic E-state index is 4.21. The van der Waals surface area contributed by atoms with Crippen LogP contribution < -0.4 is 5.32 Å². The number of rotatable bonds is 5. The fraction of sp³-hybridized carbons (Fsp3) is 0.455. The quantitative estimate of drug-likeness (QED) is 0.826. The van der Waals surface area contributed by atoms with Gasteiger partial charge in [0.15, 0.2) is 5.82 Å². The molecule has 6 heteroatoms. The Morgan fingerprint density at radius 1 is 1.41 bits per heavy atom. The molecule has 0 unspecified atom stereocenters. The topological polar surface area (TPSA) is 68.5 Å². The maximum absolute atomic E-state index is 4.21. The lowest BCUT2D eigenvalue weighted by atomic mass is 10.2. The summed E-state index contributed by atoms with van der Waals surface area (Å²) in [6, 6.07) is 3.68. The molecule has 2 rings (SSSR count). The average molecular weight is 232 g/mol. The molecule has 0 aliphatic rings. The summed E-state index contributed by atoms with van der Waals surface area (Å²) in [5, 5.41) is 15.3. The first-order valence-electron chi connectivity index (χ1n) is 5.65. The van der Waals surface area contributed by atoms with E-state index in [4.69, 9.17) is 0 Å². The van der Waals surface area contributed by atoms with Crippen LogP contribution in [0.5, 0.6) is 0 Å². The highest BCUT2D eigenvalue weighted by atomic mass is 15.4. The van der Waals surface area contributed by atoms with Crippen LogP contribution >= 0.6 is 0 Å². The fourth-order valence-corrected chi connectivity index (χ4v) is 1.46. The number of hydrogen-bond acceptors (Lipinski definition) is 5. The Morgan fingerprint density at radius 2 is 2.29 bits per heavy atom. The summed E-state index contributed by atoms with van der Waals surface area (Å²) in [7, 11) is 0. The van der Waals surface area contributed by atoms with Crippen molar-refractivity contribution in [3.8, 4) is 5.82 Å². The highest BCUT2D eigenvalue weighted by Crippen LogP contribution is 2.03. The Morgan fingerprint density at radius 3 is 3.00 bits per heavy atom. The van der Waals surface area contributed by atoms with E-state index in [0.717, 1.165) is 12.4 Å². The second-order valence-corrected chi connectivity index (χ2v) is 4.19. The smallest absolute Gasteiger partial charge is 0.177 e. The molecular formula is C11H16N6. The van der Waals surface area contributed by atoms with Crippen molar-refractivity contribution in [1.82, 2.24) is 30.3 Å². The largest absolute Gasteiger partial charge is 0.310 e. The summed E-state index contributed by atoms with van der Waals surface area (Å²) in [5.74, 6) is 2.14. The highest BCUT2D eigenvalue weighted by Gasteiger charge is 2.07. The molecule has 1 N–H and O–H groups in total. The van der Waals surface area contributed by atoms with Crippen molar-refractivity contribution in [2.24, 2.45) is 5.92 Å². The van der Waals surface area contributed by atoms with Gasteiger partial charge in [-0.15, -0.1) is 5.10 Å². The average Bonchev–Trinajstić information content (AvgIpc) is 2.78. The summed E-state index contributed by atoms with van der Waals surface area (Å²) in [4.78, 5) is 4.21. The van der Waals surface area contributed by atoms with Crippen molar-refractivity contribution >= 4 is 0 Å². The van der Waals surface area contributed by atoms with Gasteiger partial charge in [0.25, 0.3) is 0 Å². The molecule has 2 heterocycles. The third-order valence-corrected chi connectivity index (χ3v) is 2.23. The number of hydrogen-bond donors (Lipinski definition) is 1. The molecule has 0 atom stereocenters.